The summed E-state index contributed by atoms with van der Waals surface area (Å²) in [7, 11) is 0. The lowest BCUT2D eigenvalue weighted by Gasteiger charge is -2.22. The van der Waals surface area contributed by atoms with E-state index in [4.69, 9.17) is 14.7 Å². The molecule has 11 nitrogen and oxygen atoms in total. The van der Waals surface area contributed by atoms with Crippen LogP contribution in [0.25, 0.3) is 0 Å². The molecule has 2 atom stereocenters. The monoisotopic (exact) mass is 777 g/mol. The highest BCUT2D eigenvalue weighted by molar-refractivity contribution is 9.10. The molecule has 47 heavy (non-hydrogen) atoms. The standard InChI is InChI=1S/C16H18BrN3O3.C10H17NO3.C7H3BrFN/c1-16(2,3)23-15(22)19-12-7-14(21)20(9-12)13-5-4-11(17)6-10(13)8-18;1-10(2,3)14-9(13)5-7-4-8(12)11-6-7;8-6-1-2-7(9)5(3-6)4-10/h4-6,12H,7,9H2,1-3H3,(H,19,22);7H,4-6H2,1-3H3,(H,11,12);1-3H/t12-;7-;/m01./s1. The molecule has 0 unspecified atom stereocenters. The number of nitriles is 2. The molecule has 4 rings (SSSR count). The first-order chi connectivity index (χ1) is 21.8. The number of rotatable bonds is 4. The van der Waals surface area contributed by atoms with Gasteiger partial charge in [0.25, 0.3) is 0 Å². The normalized spacial score (nSPS) is 17.1. The van der Waals surface area contributed by atoms with E-state index in [1.165, 1.54) is 17.0 Å². The zero-order chi connectivity index (χ0) is 35.5. The van der Waals surface area contributed by atoms with Crippen LogP contribution in [0.15, 0.2) is 45.3 Å². The predicted octanol–water partition coefficient (Wildman–Crippen LogP) is 6.26. The second-order valence-corrected chi connectivity index (χ2v) is 14.6. The van der Waals surface area contributed by atoms with Crippen LogP contribution < -0.4 is 15.5 Å². The number of hydrogen-bond acceptors (Lipinski definition) is 8. The van der Waals surface area contributed by atoms with Crippen molar-refractivity contribution in [2.45, 2.75) is 78.0 Å². The molecule has 14 heteroatoms. The molecule has 2 aromatic rings. The van der Waals surface area contributed by atoms with Gasteiger partial charge in [0, 0.05) is 34.9 Å². The van der Waals surface area contributed by atoms with Crippen LogP contribution in [-0.4, -0.2) is 54.2 Å². The number of hydrogen-bond donors (Lipinski definition) is 2. The maximum Gasteiger partial charge on any atom is 0.407 e. The Morgan fingerprint density at radius 3 is 2.04 bits per heavy atom. The summed E-state index contributed by atoms with van der Waals surface area (Å²) in [5, 5.41) is 23.0. The molecule has 2 aliphatic rings. The molecule has 2 aromatic carbocycles. The predicted molar refractivity (Wildman–Crippen MR) is 179 cm³/mol. The highest BCUT2D eigenvalue weighted by Crippen LogP contribution is 2.28. The SMILES string of the molecule is CC(C)(C)OC(=O)C[C@@H]1CNC(=O)C1.CC(C)(C)OC(=O)N[C@H]1CC(=O)N(c2ccc(Br)cc2C#N)C1.N#Cc1cc(Br)ccc1F. The Morgan fingerprint density at radius 2 is 1.53 bits per heavy atom. The summed E-state index contributed by atoms with van der Waals surface area (Å²) in [6.45, 7) is 11.8. The Labute approximate surface area is 291 Å². The van der Waals surface area contributed by atoms with Gasteiger partial charge in [0.15, 0.2) is 0 Å². The summed E-state index contributed by atoms with van der Waals surface area (Å²) >= 11 is 6.42. The molecule has 2 N–H and O–H groups in total. The van der Waals surface area contributed by atoms with Crippen LogP contribution >= 0.6 is 31.9 Å². The molecule has 3 amide bonds. The quantitative estimate of drug-likeness (QED) is 0.344. The van der Waals surface area contributed by atoms with Crippen LogP contribution in [0.5, 0.6) is 0 Å². The van der Waals surface area contributed by atoms with Gasteiger partial charge in [0.1, 0.15) is 29.2 Å². The van der Waals surface area contributed by atoms with Crippen molar-refractivity contribution in [1.29, 1.82) is 10.5 Å². The molecule has 252 valence electrons. The van der Waals surface area contributed by atoms with Crippen molar-refractivity contribution in [3.63, 3.8) is 0 Å². The summed E-state index contributed by atoms with van der Waals surface area (Å²) in [5.74, 6) is -0.703. The topological polar surface area (TPSA) is 162 Å². The average Bonchev–Trinajstić information content (AvgIpc) is 3.52. The minimum absolute atomic E-state index is 0.0264. The Hall–Kier alpha value is -4.01. The highest BCUT2D eigenvalue weighted by Gasteiger charge is 2.34. The third-order valence-electron chi connectivity index (χ3n) is 6.20. The first kappa shape index (κ1) is 39.2. The van der Waals surface area contributed by atoms with Crippen molar-refractivity contribution in [2.24, 2.45) is 5.92 Å². The van der Waals surface area contributed by atoms with Gasteiger partial charge in [-0.25, -0.2) is 9.18 Å². The maximum absolute atomic E-state index is 12.5. The molecule has 2 heterocycles. The van der Waals surface area contributed by atoms with E-state index in [9.17, 15) is 28.8 Å². The van der Waals surface area contributed by atoms with Crippen LogP contribution in [0.2, 0.25) is 0 Å². The molecule has 2 aliphatic heterocycles. The van der Waals surface area contributed by atoms with Gasteiger partial charge in [0.05, 0.1) is 29.3 Å². The first-order valence-electron chi connectivity index (χ1n) is 14.6. The molecular formula is C33H38Br2FN5O6. The number of nitrogens with one attached hydrogen (secondary N) is 2. The fourth-order valence-corrected chi connectivity index (χ4v) is 5.08. The molecule has 0 bridgehead atoms. The van der Waals surface area contributed by atoms with E-state index in [1.807, 2.05) is 20.8 Å². The van der Waals surface area contributed by atoms with Gasteiger partial charge in [-0.1, -0.05) is 31.9 Å². The molecular weight excluding hydrogens is 741 g/mol. The van der Waals surface area contributed by atoms with Crippen molar-refractivity contribution in [3.8, 4) is 12.1 Å². The van der Waals surface area contributed by atoms with Gasteiger partial charge in [-0.3, -0.25) is 14.4 Å². The lowest BCUT2D eigenvalue weighted by atomic mass is 10.0. The summed E-state index contributed by atoms with van der Waals surface area (Å²) in [6, 6.07) is 12.9. The number of nitrogens with zero attached hydrogens (tertiary/aromatic N) is 3. The lowest BCUT2D eigenvalue weighted by Crippen LogP contribution is -2.40. The Bertz CT molecular complexity index is 1560. The summed E-state index contributed by atoms with van der Waals surface area (Å²) in [5.41, 5.74) is -0.00616. The molecule has 0 radical (unpaired) electrons. The number of esters is 1. The zero-order valence-electron chi connectivity index (χ0n) is 27.1. The summed E-state index contributed by atoms with van der Waals surface area (Å²) < 4.78 is 24.4. The van der Waals surface area contributed by atoms with Gasteiger partial charge in [-0.05, 0) is 83.9 Å². The fourth-order valence-electron chi connectivity index (χ4n) is 4.36. The number of halogens is 3. The van der Waals surface area contributed by atoms with E-state index in [1.54, 1.807) is 51.1 Å². The largest absolute Gasteiger partial charge is 0.460 e. The van der Waals surface area contributed by atoms with Gasteiger partial charge in [-0.15, -0.1) is 0 Å². The van der Waals surface area contributed by atoms with Crippen LogP contribution in [-0.2, 0) is 23.9 Å². The third kappa shape index (κ3) is 14.1. The Kier molecular flexibility index (Phi) is 14.4. The van der Waals surface area contributed by atoms with Crippen LogP contribution in [0.1, 0.15) is 71.9 Å². The van der Waals surface area contributed by atoms with Crippen molar-refractivity contribution < 1.29 is 33.0 Å². The molecule has 2 saturated heterocycles. The Balaban J connectivity index is 0.000000271. The van der Waals surface area contributed by atoms with Crippen molar-refractivity contribution in [3.05, 3.63) is 62.3 Å². The van der Waals surface area contributed by atoms with Crippen LogP contribution in [0.3, 0.4) is 0 Å². The van der Waals surface area contributed by atoms with E-state index in [0.29, 0.717) is 41.7 Å². The first-order valence-corrected chi connectivity index (χ1v) is 16.2. The van der Waals surface area contributed by atoms with Gasteiger partial charge in [0.2, 0.25) is 11.8 Å². The Morgan fingerprint density at radius 1 is 0.957 bits per heavy atom. The van der Waals surface area contributed by atoms with Crippen LogP contribution in [0.4, 0.5) is 14.9 Å². The second-order valence-electron chi connectivity index (χ2n) is 12.7. The smallest absolute Gasteiger partial charge is 0.407 e. The van der Waals surface area contributed by atoms with Gasteiger partial charge < -0.3 is 25.0 Å². The molecule has 2 fully saturated rings. The highest BCUT2D eigenvalue weighted by atomic mass is 79.9. The number of carbonyl (C=O) groups is 4. The molecule has 0 aliphatic carbocycles. The summed E-state index contributed by atoms with van der Waals surface area (Å²) in [6.07, 6.45) is 0.406. The number of alkyl carbamates (subject to hydrolysis) is 1. The zero-order valence-corrected chi connectivity index (χ0v) is 30.3. The molecule has 0 aromatic heterocycles. The minimum Gasteiger partial charge on any atom is -0.460 e. The van der Waals surface area contributed by atoms with Crippen molar-refractivity contribution in [2.75, 3.05) is 18.0 Å². The number of carbonyl (C=O) groups excluding carboxylic acids is 4. The second kappa shape index (κ2) is 17.2. The number of ether oxygens (including phenoxy) is 2. The average molecular weight is 780 g/mol. The number of anilines is 1. The summed E-state index contributed by atoms with van der Waals surface area (Å²) in [4.78, 5) is 47.8. The molecule has 0 spiro atoms. The number of amides is 3. The maximum atomic E-state index is 12.5. The van der Waals surface area contributed by atoms with E-state index in [-0.39, 0.29) is 41.7 Å². The van der Waals surface area contributed by atoms with E-state index < -0.39 is 23.1 Å². The van der Waals surface area contributed by atoms with Gasteiger partial charge >= 0.3 is 12.1 Å². The van der Waals surface area contributed by atoms with Crippen molar-refractivity contribution in [1.82, 2.24) is 10.6 Å². The lowest BCUT2D eigenvalue weighted by molar-refractivity contribution is -0.155. The van der Waals surface area contributed by atoms with Crippen LogP contribution in [0, 0.1) is 34.4 Å². The van der Waals surface area contributed by atoms with Crippen molar-refractivity contribution >= 4 is 61.4 Å². The molecule has 0 saturated carbocycles. The fraction of sp³-hybridized carbons (Fsp3) is 0.455. The minimum atomic E-state index is -0.591. The van der Waals surface area contributed by atoms with Gasteiger partial charge in [-0.2, -0.15) is 10.5 Å². The van der Waals surface area contributed by atoms with E-state index >= 15 is 0 Å². The van der Waals surface area contributed by atoms with E-state index in [2.05, 4.69) is 48.6 Å². The third-order valence-corrected chi connectivity index (χ3v) is 7.19. The van der Waals surface area contributed by atoms with E-state index in [0.717, 1.165) is 4.47 Å². The number of benzene rings is 2.